The van der Waals surface area contributed by atoms with Crippen LogP contribution in [0.1, 0.15) is 161 Å². The van der Waals surface area contributed by atoms with E-state index in [0.717, 1.165) is 43.4 Å². The molecule has 52 heavy (non-hydrogen) atoms. The van der Waals surface area contributed by atoms with Crippen LogP contribution in [0.4, 0.5) is 26.3 Å². The van der Waals surface area contributed by atoms with Crippen molar-refractivity contribution in [1.82, 2.24) is 0 Å². The zero-order valence-corrected chi connectivity index (χ0v) is 29.1. The molecule has 12 heteroatoms. The Bertz CT molecular complexity index is 1190. The predicted octanol–water partition coefficient (Wildman–Crippen LogP) is 11.8. The molecule has 0 saturated heterocycles. The van der Waals surface area contributed by atoms with E-state index >= 15 is 0 Å². The van der Waals surface area contributed by atoms with Crippen LogP contribution in [-0.2, 0) is 28.6 Å². The predicted molar refractivity (Wildman–Crippen MR) is 190 cm³/mol. The Kier molecular flexibility index (Phi) is 14.8. The summed E-state index contributed by atoms with van der Waals surface area (Å²) >= 11 is 0. The van der Waals surface area contributed by atoms with Crippen molar-refractivity contribution in [2.45, 2.75) is 191 Å². The third-order valence-electron chi connectivity index (χ3n) is 12.7. The highest BCUT2D eigenvalue weighted by Crippen LogP contribution is 2.64. The number of hydrogen-bond donors (Lipinski definition) is 0. The van der Waals surface area contributed by atoms with Gasteiger partial charge in [0.15, 0.2) is 0 Å². The molecule has 0 radical (unpaired) electrons. The molecule has 0 aliphatic heterocycles. The van der Waals surface area contributed by atoms with Crippen molar-refractivity contribution in [1.29, 1.82) is 0 Å². The molecule has 8 rings (SSSR count). The van der Waals surface area contributed by atoms with Crippen LogP contribution < -0.4 is 0 Å². The van der Waals surface area contributed by atoms with E-state index < -0.39 is 46.8 Å². The molecule has 0 aromatic heterocycles. The maximum absolute atomic E-state index is 12.9. The van der Waals surface area contributed by atoms with Crippen molar-refractivity contribution < 1.29 is 54.9 Å². The lowest BCUT2D eigenvalue weighted by molar-refractivity contribution is -0.318. The lowest BCUT2D eigenvalue weighted by Crippen LogP contribution is -2.61. The van der Waals surface area contributed by atoms with Gasteiger partial charge in [-0.1, -0.05) is 43.6 Å². The van der Waals surface area contributed by atoms with Crippen LogP contribution in [0.3, 0.4) is 0 Å². The molecule has 0 aromatic rings. The molecule has 2 atom stereocenters. The number of carbonyl (C=O) groups is 3. The van der Waals surface area contributed by atoms with Crippen LogP contribution in [-0.4, -0.2) is 47.6 Å². The smallest absolute Gasteiger partial charge is 0.434 e. The van der Waals surface area contributed by atoms with Gasteiger partial charge in [-0.3, -0.25) is 14.4 Å². The number of esters is 3. The SMILES string of the molecule is C.C.C.C.CCC(C)(C)C(=O)OC12CC3CC(C1)CC(C(=O)OC(C(F)(F)F)C(F)(F)F)(C3)C2.CCC(C)(C)C(=O)OC12CC3CC(CC(C3)C1)C2. The van der Waals surface area contributed by atoms with Crippen molar-refractivity contribution in [2.75, 3.05) is 0 Å². The standard InChI is InChI=1S/C20H26F6O4.C16H26O2.4CH4/c1-4-16(2,3)14(27)30-18-8-11-5-12(9-18)7-17(6-11,10-18)15(28)29-13(19(21,22)23)20(24,25)26;1-4-15(2,3)14(17)18-16-8-11-5-12(9-16)7-13(6-11)10-16;;;;/h11-13H,4-10H2,1-3H3;11-13H,4-10H2,1-3H3;4*1H4. The molecule has 0 heterocycles. The molecule has 8 saturated carbocycles. The highest BCUT2D eigenvalue weighted by Gasteiger charge is 2.66. The van der Waals surface area contributed by atoms with Crippen LogP contribution in [0.15, 0.2) is 0 Å². The van der Waals surface area contributed by atoms with Gasteiger partial charge in [0.2, 0.25) is 0 Å². The Hall–Kier alpha value is -2.01. The van der Waals surface area contributed by atoms with Crippen molar-refractivity contribution in [3.8, 4) is 0 Å². The highest BCUT2D eigenvalue weighted by atomic mass is 19.4. The summed E-state index contributed by atoms with van der Waals surface area (Å²) in [7, 11) is 0. The lowest BCUT2D eigenvalue weighted by Gasteiger charge is -2.60. The first-order valence-corrected chi connectivity index (χ1v) is 17.8. The van der Waals surface area contributed by atoms with Gasteiger partial charge in [0.25, 0.3) is 6.10 Å². The topological polar surface area (TPSA) is 78.9 Å². The Morgan fingerprint density at radius 1 is 0.577 bits per heavy atom. The van der Waals surface area contributed by atoms with Gasteiger partial charge in [-0.25, -0.2) is 0 Å². The fourth-order valence-electron chi connectivity index (χ4n) is 10.2. The van der Waals surface area contributed by atoms with Gasteiger partial charge in [-0.15, -0.1) is 0 Å². The van der Waals surface area contributed by atoms with Crippen molar-refractivity contribution in [3.63, 3.8) is 0 Å². The fraction of sp³-hybridized carbons (Fsp3) is 0.925. The number of rotatable bonds is 8. The molecule has 8 aliphatic carbocycles. The number of alkyl halides is 6. The monoisotopic (exact) mass is 758 g/mol. The maximum atomic E-state index is 12.9. The minimum Gasteiger partial charge on any atom is -0.459 e. The highest BCUT2D eigenvalue weighted by molar-refractivity contribution is 5.79. The third-order valence-corrected chi connectivity index (χ3v) is 12.7. The van der Waals surface area contributed by atoms with Gasteiger partial charge in [-0.05, 0) is 141 Å². The summed E-state index contributed by atoms with van der Waals surface area (Å²) in [6.07, 6.45) is -4.85. The van der Waals surface area contributed by atoms with Crippen LogP contribution in [0, 0.1) is 45.8 Å². The summed E-state index contributed by atoms with van der Waals surface area (Å²) in [5.41, 5.74) is -3.70. The Morgan fingerprint density at radius 2 is 0.904 bits per heavy atom. The average molecular weight is 759 g/mol. The van der Waals surface area contributed by atoms with E-state index in [0.29, 0.717) is 25.7 Å². The summed E-state index contributed by atoms with van der Waals surface area (Å²) in [6, 6.07) is 0. The first-order chi connectivity index (χ1) is 21.9. The molecule has 0 spiro atoms. The van der Waals surface area contributed by atoms with Gasteiger partial charge in [0.1, 0.15) is 11.2 Å². The summed E-state index contributed by atoms with van der Waals surface area (Å²) in [5, 5.41) is 0. The second kappa shape index (κ2) is 16.0. The van der Waals surface area contributed by atoms with Crippen molar-refractivity contribution in [2.24, 2.45) is 45.8 Å². The average Bonchev–Trinajstić information content (AvgIpc) is 2.92. The number of carbonyl (C=O) groups excluding carboxylic acids is 3. The van der Waals surface area contributed by atoms with E-state index in [1.54, 1.807) is 13.8 Å². The van der Waals surface area contributed by atoms with Gasteiger partial charge in [-0.2, -0.15) is 26.3 Å². The normalized spacial score (nSPS) is 34.0. The molecule has 6 nitrogen and oxygen atoms in total. The van der Waals surface area contributed by atoms with E-state index in [9.17, 15) is 40.7 Å². The third kappa shape index (κ3) is 9.61. The Labute approximate surface area is 309 Å². The lowest BCUT2D eigenvalue weighted by atomic mass is 9.48. The second-order valence-corrected chi connectivity index (χ2v) is 17.6. The Morgan fingerprint density at radius 3 is 1.25 bits per heavy atom. The molecule has 8 aliphatic rings. The number of halogens is 6. The molecule has 8 bridgehead atoms. The van der Waals surface area contributed by atoms with Crippen LogP contribution in [0.25, 0.3) is 0 Å². The molecule has 306 valence electrons. The van der Waals surface area contributed by atoms with Crippen LogP contribution in [0.5, 0.6) is 0 Å². The van der Waals surface area contributed by atoms with Crippen LogP contribution >= 0.6 is 0 Å². The van der Waals surface area contributed by atoms with Gasteiger partial charge >= 0.3 is 30.3 Å². The summed E-state index contributed by atoms with van der Waals surface area (Å²) in [6.45, 7) is 11.3. The summed E-state index contributed by atoms with van der Waals surface area (Å²) in [5.74, 6) is 0.381. The molecule has 8 fully saturated rings. The first-order valence-electron chi connectivity index (χ1n) is 17.8. The van der Waals surface area contributed by atoms with E-state index in [4.69, 9.17) is 9.47 Å². The fourth-order valence-corrected chi connectivity index (χ4v) is 10.2. The zero-order chi connectivity index (χ0) is 35.7. The quantitative estimate of drug-likeness (QED) is 0.139. The Balaban J connectivity index is 0.000000531. The van der Waals surface area contributed by atoms with Crippen molar-refractivity contribution in [3.05, 3.63) is 0 Å². The molecule has 2 unspecified atom stereocenters. The minimum absolute atomic E-state index is 0. The minimum atomic E-state index is -5.76. The summed E-state index contributed by atoms with van der Waals surface area (Å²) < 4.78 is 93.4. The largest absolute Gasteiger partial charge is 0.459 e. The van der Waals surface area contributed by atoms with Gasteiger partial charge in [0.05, 0.1) is 16.2 Å². The molecule has 0 amide bonds. The van der Waals surface area contributed by atoms with E-state index in [2.05, 4.69) is 11.7 Å². The van der Waals surface area contributed by atoms with E-state index in [-0.39, 0.29) is 77.8 Å². The zero-order valence-electron chi connectivity index (χ0n) is 29.1. The molecular weight excluding hydrogens is 690 g/mol. The number of ether oxygens (including phenoxy) is 3. The van der Waals surface area contributed by atoms with Gasteiger partial charge in [0, 0.05) is 6.42 Å². The van der Waals surface area contributed by atoms with E-state index in [1.165, 1.54) is 19.3 Å². The maximum Gasteiger partial charge on any atom is 0.434 e. The second-order valence-electron chi connectivity index (χ2n) is 17.6. The molecule has 0 N–H and O–H groups in total. The van der Waals surface area contributed by atoms with Gasteiger partial charge < -0.3 is 14.2 Å². The van der Waals surface area contributed by atoms with Crippen molar-refractivity contribution >= 4 is 17.9 Å². The number of hydrogen-bond acceptors (Lipinski definition) is 6. The summed E-state index contributed by atoms with van der Waals surface area (Å²) in [4.78, 5) is 37.7. The molecular formula is C40H68F6O6. The van der Waals surface area contributed by atoms with Crippen LogP contribution in [0.2, 0.25) is 0 Å². The molecule has 0 aromatic carbocycles. The van der Waals surface area contributed by atoms with E-state index in [1.807, 2.05) is 20.8 Å². The first kappa shape index (κ1) is 48.0.